The molecule has 2 rings (SSSR count). The largest absolute Gasteiger partial charge is 0.488 e. The zero-order chi connectivity index (χ0) is 11.5. The summed E-state index contributed by atoms with van der Waals surface area (Å²) in [5.41, 5.74) is 0.985. The lowest BCUT2D eigenvalue weighted by Crippen LogP contribution is -2.31. The average Bonchev–Trinajstić information content (AvgIpc) is 2.81. The monoisotopic (exact) mass is 237 g/mol. The summed E-state index contributed by atoms with van der Waals surface area (Å²) in [6, 6.07) is 6.36. The van der Waals surface area contributed by atoms with Crippen molar-refractivity contribution in [1.29, 1.82) is 0 Å². The molecule has 16 heavy (non-hydrogen) atoms. The number of rotatable bonds is 2. The maximum Gasteiger partial charge on any atom is 0.488 e. The molecule has 0 radical (unpaired) electrons. The van der Waals surface area contributed by atoms with Gasteiger partial charge in [0.25, 0.3) is 5.91 Å². The predicted molar refractivity (Wildman–Crippen MR) is 64.6 cm³/mol. The molecule has 0 atom stereocenters. The quantitative estimate of drug-likeness (QED) is 0.681. The molecule has 0 spiro atoms. The van der Waals surface area contributed by atoms with E-state index in [1.54, 1.807) is 40.9 Å². The van der Waals surface area contributed by atoms with Gasteiger partial charge in [-0.3, -0.25) is 4.79 Å². The summed E-state index contributed by atoms with van der Waals surface area (Å²) in [4.78, 5) is 13.7. The van der Waals surface area contributed by atoms with Crippen LogP contribution in [-0.4, -0.2) is 46.1 Å². The number of amides is 1. The smallest absolute Gasteiger partial charge is 0.423 e. The normalized spacial score (nSPS) is 15.2. The third-order valence-electron chi connectivity index (χ3n) is 2.50. The van der Waals surface area contributed by atoms with E-state index < -0.39 is 7.12 Å². The first-order valence-electron chi connectivity index (χ1n) is 5.01. The van der Waals surface area contributed by atoms with Gasteiger partial charge in [-0.25, -0.2) is 0 Å². The summed E-state index contributed by atoms with van der Waals surface area (Å²) >= 11 is 1.74. The molecule has 1 heterocycles. The van der Waals surface area contributed by atoms with Gasteiger partial charge in [-0.2, -0.15) is 0 Å². The molecule has 0 aromatic heterocycles. The number of nitrogens with zero attached hydrogens (tertiary/aromatic N) is 1. The highest BCUT2D eigenvalue weighted by Gasteiger charge is 2.20. The van der Waals surface area contributed by atoms with Crippen LogP contribution >= 0.6 is 11.8 Å². The molecule has 6 heteroatoms. The minimum Gasteiger partial charge on any atom is -0.423 e. The van der Waals surface area contributed by atoms with Gasteiger partial charge in [-0.1, -0.05) is 12.1 Å². The van der Waals surface area contributed by atoms with Gasteiger partial charge >= 0.3 is 7.12 Å². The lowest BCUT2D eigenvalue weighted by Gasteiger charge is -2.14. The van der Waals surface area contributed by atoms with Crippen molar-refractivity contribution >= 4 is 30.3 Å². The number of hydrogen-bond acceptors (Lipinski definition) is 4. The van der Waals surface area contributed by atoms with Gasteiger partial charge in [-0.15, -0.1) is 11.8 Å². The Labute approximate surface area is 98.4 Å². The van der Waals surface area contributed by atoms with Gasteiger partial charge in [0.1, 0.15) is 0 Å². The Morgan fingerprint density at radius 2 is 2.00 bits per heavy atom. The van der Waals surface area contributed by atoms with Crippen LogP contribution in [0.4, 0.5) is 0 Å². The van der Waals surface area contributed by atoms with E-state index in [1.807, 2.05) is 0 Å². The third kappa shape index (κ3) is 2.40. The minimum absolute atomic E-state index is 0.00368. The van der Waals surface area contributed by atoms with E-state index in [9.17, 15) is 4.79 Å². The fraction of sp³-hybridized carbons (Fsp3) is 0.300. The number of hydrogen-bond donors (Lipinski definition) is 2. The van der Waals surface area contributed by atoms with Gasteiger partial charge in [0.15, 0.2) is 0 Å². The first-order valence-corrected chi connectivity index (χ1v) is 6.17. The van der Waals surface area contributed by atoms with Crippen molar-refractivity contribution in [2.45, 2.75) is 0 Å². The standard InChI is InChI=1S/C10H12BNO3S/c13-10(12-5-6-16-7-12)8-1-3-9(4-2-8)11(14)15/h1-4,14-15H,5-7H2. The Hall–Kier alpha value is -0.975. The average molecular weight is 237 g/mol. The fourth-order valence-electron chi connectivity index (χ4n) is 1.55. The second kappa shape index (κ2) is 4.90. The Bertz CT molecular complexity index is 376. The van der Waals surface area contributed by atoms with Crippen molar-refractivity contribution in [3.05, 3.63) is 29.8 Å². The van der Waals surface area contributed by atoms with Gasteiger partial charge in [0, 0.05) is 17.9 Å². The van der Waals surface area contributed by atoms with E-state index in [0.29, 0.717) is 11.0 Å². The van der Waals surface area contributed by atoms with Crippen LogP contribution < -0.4 is 5.46 Å². The fourth-order valence-corrected chi connectivity index (χ4v) is 2.50. The lowest BCUT2D eigenvalue weighted by molar-refractivity contribution is 0.0802. The number of carbonyl (C=O) groups is 1. The van der Waals surface area contributed by atoms with Crippen LogP contribution in [0.15, 0.2) is 24.3 Å². The van der Waals surface area contributed by atoms with Gasteiger partial charge in [-0.05, 0) is 17.6 Å². The number of thioether (sulfide) groups is 1. The number of carbonyl (C=O) groups excluding carboxylic acids is 1. The topological polar surface area (TPSA) is 60.8 Å². The van der Waals surface area contributed by atoms with Crippen molar-refractivity contribution in [3.63, 3.8) is 0 Å². The molecule has 4 nitrogen and oxygen atoms in total. The molecule has 0 unspecified atom stereocenters. The summed E-state index contributed by atoms with van der Waals surface area (Å²) in [7, 11) is -1.48. The molecular formula is C10H12BNO3S. The Balaban J connectivity index is 2.11. The molecule has 1 aromatic carbocycles. The first-order chi connectivity index (χ1) is 7.68. The highest BCUT2D eigenvalue weighted by Crippen LogP contribution is 2.16. The molecule has 2 N–H and O–H groups in total. The van der Waals surface area contributed by atoms with Crippen LogP contribution in [0.25, 0.3) is 0 Å². The molecule has 84 valence electrons. The van der Waals surface area contributed by atoms with E-state index in [1.165, 1.54) is 0 Å². The van der Waals surface area contributed by atoms with Gasteiger partial charge < -0.3 is 14.9 Å². The Morgan fingerprint density at radius 3 is 2.50 bits per heavy atom. The van der Waals surface area contributed by atoms with Crippen molar-refractivity contribution < 1.29 is 14.8 Å². The van der Waals surface area contributed by atoms with Crippen LogP contribution in [0.3, 0.4) is 0 Å². The zero-order valence-corrected chi connectivity index (χ0v) is 9.48. The molecular weight excluding hydrogens is 225 g/mol. The summed E-state index contributed by atoms with van der Waals surface area (Å²) in [5, 5.41) is 17.8. The van der Waals surface area contributed by atoms with Crippen molar-refractivity contribution in [3.8, 4) is 0 Å². The second-order valence-corrected chi connectivity index (χ2v) is 4.68. The molecule has 1 aromatic rings. The SMILES string of the molecule is O=C(c1ccc(B(O)O)cc1)N1CCSC1. The molecule has 1 aliphatic rings. The molecule has 0 saturated carbocycles. The maximum absolute atomic E-state index is 11.9. The third-order valence-corrected chi connectivity index (χ3v) is 3.46. The van der Waals surface area contributed by atoms with E-state index >= 15 is 0 Å². The highest BCUT2D eigenvalue weighted by atomic mass is 32.2. The maximum atomic E-state index is 11.9. The molecule has 1 aliphatic heterocycles. The van der Waals surface area contributed by atoms with Gasteiger partial charge in [0.05, 0.1) is 5.88 Å². The van der Waals surface area contributed by atoms with E-state index in [-0.39, 0.29) is 5.91 Å². The summed E-state index contributed by atoms with van der Waals surface area (Å²) in [6.07, 6.45) is 0. The summed E-state index contributed by atoms with van der Waals surface area (Å²) < 4.78 is 0. The van der Waals surface area contributed by atoms with E-state index in [4.69, 9.17) is 10.0 Å². The molecule has 0 aliphatic carbocycles. The zero-order valence-electron chi connectivity index (χ0n) is 8.67. The molecule has 0 bridgehead atoms. The van der Waals surface area contributed by atoms with Crippen LogP contribution in [0, 0.1) is 0 Å². The van der Waals surface area contributed by atoms with Crippen molar-refractivity contribution in [1.82, 2.24) is 4.90 Å². The van der Waals surface area contributed by atoms with Crippen LogP contribution in [0.1, 0.15) is 10.4 Å². The first kappa shape index (κ1) is 11.5. The summed E-state index contributed by atoms with van der Waals surface area (Å²) in [6.45, 7) is 0.786. The minimum atomic E-state index is -1.48. The highest BCUT2D eigenvalue weighted by molar-refractivity contribution is 7.99. The van der Waals surface area contributed by atoms with Crippen LogP contribution in [-0.2, 0) is 0 Å². The number of benzene rings is 1. The lowest BCUT2D eigenvalue weighted by atomic mass is 9.80. The van der Waals surface area contributed by atoms with E-state index in [0.717, 1.165) is 18.2 Å². The van der Waals surface area contributed by atoms with Gasteiger partial charge in [0.2, 0.25) is 0 Å². The molecule has 1 fully saturated rings. The molecule has 1 saturated heterocycles. The second-order valence-electron chi connectivity index (χ2n) is 3.60. The van der Waals surface area contributed by atoms with Crippen LogP contribution in [0.5, 0.6) is 0 Å². The van der Waals surface area contributed by atoms with E-state index in [2.05, 4.69) is 0 Å². The van der Waals surface area contributed by atoms with Crippen LogP contribution in [0.2, 0.25) is 0 Å². The van der Waals surface area contributed by atoms with Crippen molar-refractivity contribution in [2.24, 2.45) is 0 Å². The van der Waals surface area contributed by atoms with Crippen molar-refractivity contribution in [2.75, 3.05) is 18.2 Å². The molecule has 1 amide bonds. The summed E-state index contributed by atoms with van der Waals surface area (Å²) in [5.74, 6) is 1.73. The Kier molecular flexibility index (Phi) is 3.53. The predicted octanol–water partition coefficient (Wildman–Crippen LogP) is -0.487. The Morgan fingerprint density at radius 1 is 1.31 bits per heavy atom.